The summed E-state index contributed by atoms with van der Waals surface area (Å²) in [6, 6.07) is 7.78. The molecule has 1 aromatic rings. The molecule has 7 rings (SSSR count). The Balaban J connectivity index is 1.41. The summed E-state index contributed by atoms with van der Waals surface area (Å²) in [6.07, 6.45) is 9.43. The van der Waals surface area contributed by atoms with E-state index in [-0.39, 0.29) is 12.2 Å². The number of phenolic OH excluding ortho intramolecular Hbond substituents is 1. The predicted octanol–water partition coefficient (Wildman–Crippen LogP) is 4.67. The molecule has 4 bridgehead atoms. The van der Waals surface area contributed by atoms with Crippen LogP contribution in [0.25, 0.3) is 0 Å². The lowest BCUT2D eigenvalue weighted by molar-refractivity contribution is -0.629. The first kappa shape index (κ1) is 16.8. The molecule has 1 aliphatic heterocycles. The highest BCUT2D eigenvalue weighted by molar-refractivity contribution is 5.30. The molecule has 5 nitrogen and oxygen atoms in total. The van der Waals surface area contributed by atoms with Gasteiger partial charge >= 0.3 is 0 Å². The third-order valence-electron chi connectivity index (χ3n) is 8.56. The highest BCUT2D eigenvalue weighted by Crippen LogP contribution is 2.71. The van der Waals surface area contributed by atoms with E-state index in [2.05, 4.69) is 12.1 Å². The first-order valence-electron chi connectivity index (χ1n) is 10.6. The van der Waals surface area contributed by atoms with E-state index in [1.54, 1.807) is 0 Å². The molecule has 0 radical (unpaired) electrons. The average Bonchev–Trinajstić information content (AvgIpc) is 2.68. The smallest absolute Gasteiger partial charge is 0.240 e. The summed E-state index contributed by atoms with van der Waals surface area (Å²) in [5, 5.41) is 9.69. The largest absolute Gasteiger partial charge is 0.508 e. The Bertz CT molecular complexity index is 680. The molecule has 1 saturated heterocycles. The highest BCUT2D eigenvalue weighted by Gasteiger charge is 2.70. The second kappa shape index (κ2) is 5.93. The summed E-state index contributed by atoms with van der Waals surface area (Å²) >= 11 is 0. The molecule has 1 atom stereocenters. The van der Waals surface area contributed by atoms with E-state index in [1.807, 2.05) is 12.1 Å². The zero-order valence-electron chi connectivity index (χ0n) is 15.6. The van der Waals surface area contributed by atoms with E-state index in [0.717, 1.165) is 31.1 Å². The molecule has 2 spiro atoms. The number of hydrogen-bond donors (Lipinski definition) is 1. The topological polar surface area (TPSA) is 57.2 Å². The first-order valence-corrected chi connectivity index (χ1v) is 10.6. The molecule has 1 unspecified atom stereocenters. The second-order valence-electron chi connectivity index (χ2n) is 9.65. The van der Waals surface area contributed by atoms with Gasteiger partial charge in [-0.25, -0.2) is 9.78 Å². The highest BCUT2D eigenvalue weighted by atomic mass is 17.4. The zero-order valence-corrected chi connectivity index (χ0v) is 15.6. The normalized spacial score (nSPS) is 44.8. The number of aromatic hydroxyl groups is 1. The summed E-state index contributed by atoms with van der Waals surface area (Å²) in [7, 11) is 0. The van der Waals surface area contributed by atoms with Crippen LogP contribution < -0.4 is 0 Å². The Morgan fingerprint density at radius 1 is 0.852 bits per heavy atom. The van der Waals surface area contributed by atoms with Gasteiger partial charge in [-0.05, 0) is 92.2 Å². The summed E-state index contributed by atoms with van der Waals surface area (Å²) in [6.45, 7) is 0.0415. The summed E-state index contributed by atoms with van der Waals surface area (Å²) in [5.41, 5.74) is 1.27. The number of benzene rings is 1. The van der Waals surface area contributed by atoms with Crippen LogP contribution in [0.15, 0.2) is 24.3 Å². The Kier molecular flexibility index (Phi) is 3.68. The lowest BCUT2D eigenvalue weighted by atomic mass is 9.40. The molecule has 6 aliphatic rings. The molecule has 146 valence electrons. The van der Waals surface area contributed by atoms with Crippen molar-refractivity contribution in [3.05, 3.63) is 29.8 Å². The van der Waals surface area contributed by atoms with Crippen LogP contribution in [0, 0.1) is 29.1 Å². The lowest BCUT2D eigenvalue weighted by Crippen LogP contribution is -2.68. The van der Waals surface area contributed by atoms with Crippen LogP contribution in [0.2, 0.25) is 0 Å². The van der Waals surface area contributed by atoms with Gasteiger partial charge in [0.15, 0.2) is 0 Å². The maximum atomic E-state index is 9.69. The minimum Gasteiger partial charge on any atom is -0.508 e. The zero-order chi connectivity index (χ0) is 18.1. The van der Waals surface area contributed by atoms with Crippen molar-refractivity contribution < 1.29 is 24.7 Å². The fraction of sp³-hybridized carbons (Fsp3) is 0.727. The van der Waals surface area contributed by atoms with Crippen molar-refractivity contribution in [2.45, 2.75) is 63.1 Å². The minimum atomic E-state index is -0.763. The van der Waals surface area contributed by atoms with E-state index in [9.17, 15) is 5.11 Å². The van der Waals surface area contributed by atoms with Crippen LogP contribution >= 0.6 is 0 Å². The molecule has 0 amide bonds. The van der Waals surface area contributed by atoms with Gasteiger partial charge in [0.1, 0.15) is 5.75 Å². The van der Waals surface area contributed by atoms with Crippen molar-refractivity contribution in [1.82, 2.24) is 0 Å². The average molecular weight is 372 g/mol. The van der Waals surface area contributed by atoms with E-state index < -0.39 is 5.79 Å². The van der Waals surface area contributed by atoms with Crippen LogP contribution in [0.4, 0.5) is 0 Å². The number of rotatable bonds is 1. The van der Waals surface area contributed by atoms with Crippen LogP contribution in [-0.2, 0) is 19.6 Å². The summed E-state index contributed by atoms with van der Waals surface area (Å²) < 4.78 is 0. The van der Waals surface area contributed by atoms with Gasteiger partial charge in [0, 0.05) is 11.8 Å². The van der Waals surface area contributed by atoms with Crippen LogP contribution in [0.1, 0.15) is 62.8 Å². The molecule has 0 aromatic heterocycles. The van der Waals surface area contributed by atoms with Gasteiger partial charge in [0.2, 0.25) is 12.6 Å². The SMILES string of the molecule is Oc1ccc(C2CCC3(OOCOO3)C3(C2)C2CC4CC(C2)CC3C4)cc1. The van der Waals surface area contributed by atoms with Gasteiger partial charge in [0.05, 0.1) is 0 Å². The predicted molar refractivity (Wildman–Crippen MR) is 96.1 cm³/mol. The Morgan fingerprint density at radius 2 is 1.48 bits per heavy atom. The maximum Gasteiger partial charge on any atom is 0.240 e. The summed E-state index contributed by atoms with van der Waals surface area (Å²) in [4.78, 5) is 22.7. The number of phenols is 1. The van der Waals surface area contributed by atoms with Crippen molar-refractivity contribution in [3.63, 3.8) is 0 Å². The van der Waals surface area contributed by atoms with Gasteiger partial charge in [-0.3, -0.25) is 0 Å². The van der Waals surface area contributed by atoms with Crippen molar-refractivity contribution in [2.24, 2.45) is 29.1 Å². The molecular formula is C22H28O5. The van der Waals surface area contributed by atoms with Crippen LogP contribution in [0.5, 0.6) is 5.75 Å². The van der Waals surface area contributed by atoms with Gasteiger partial charge in [-0.2, -0.15) is 9.78 Å². The monoisotopic (exact) mass is 372 g/mol. The fourth-order valence-corrected chi connectivity index (χ4v) is 7.78. The summed E-state index contributed by atoms with van der Waals surface area (Å²) in [5.74, 6) is 3.04. The third kappa shape index (κ3) is 2.32. The molecule has 5 heteroatoms. The van der Waals surface area contributed by atoms with Gasteiger partial charge in [-0.15, -0.1) is 0 Å². The molecular weight excluding hydrogens is 344 g/mol. The van der Waals surface area contributed by atoms with Crippen molar-refractivity contribution >= 4 is 0 Å². The molecule has 27 heavy (non-hydrogen) atoms. The van der Waals surface area contributed by atoms with Crippen molar-refractivity contribution in [2.75, 3.05) is 6.79 Å². The third-order valence-corrected chi connectivity index (χ3v) is 8.56. The molecule has 6 fully saturated rings. The quantitative estimate of drug-likeness (QED) is 0.726. The first-order chi connectivity index (χ1) is 13.2. The van der Waals surface area contributed by atoms with Gasteiger partial charge < -0.3 is 5.11 Å². The van der Waals surface area contributed by atoms with Gasteiger partial charge in [-0.1, -0.05) is 12.1 Å². The molecule has 1 aromatic carbocycles. The molecule has 1 heterocycles. The van der Waals surface area contributed by atoms with E-state index >= 15 is 0 Å². The van der Waals surface area contributed by atoms with Gasteiger partial charge in [0.25, 0.3) is 0 Å². The fourth-order valence-electron chi connectivity index (χ4n) is 7.78. The maximum absolute atomic E-state index is 9.69. The Labute approximate surface area is 159 Å². The minimum absolute atomic E-state index is 0.0400. The lowest BCUT2D eigenvalue weighted by Gasteiger charge is -2.68. The standard InChI is InChI=1S/C22H28O5/c23-20-3-1-16(2-4-20)17-5-6-22(26-24-13-25-27-22)21(12-17)18-8-14-7-15(10-18)11-19(21)9-14/h1-4,14-15,17-19,23H,5-13H2. The second-order valence-corrected chi connectivity index (χ2v) is 9.65. The Hall–Kier alpha value is -1.14. The van der Waals surface area contributed by atoms with E-state index in [0.29, 0.717) is 23.5 Å². The van der Waals surface area contributed by atoms with Crippen LogP contribution in [-0.4, -0.2) is 17.7 Å². The molecule has 1 N–H and O–H groups in total. The van der Waals surface area contributed by atoms with Crippen LogP contribution in [0.3, 0.4) is 0 Å². The van der Waals surface area contributed by atoms with Crippen molar-refractivity contribution in [3.8, 4) is 5.75 Å². The van der Waals surface area contributed by atoms with Crippen molar-refractivity contribution in [1.29, 1.82) is 0 Å². The Morgan fingerprint density at radius 3 is 2.11 bits per heavy atom. The molecule has 5 saturated carbocycles. The molecule has 5 aliphatic carbocycles. The van der Waals surface area contributed by atoms with E-state index in [4.69, 9.17) is 19.6 Å². The number of hydrogen-bond acceptors (Lipinski definition) is 5. The van der Waals surface area contributed by atoms with E-state index in [1.165, 1.54) is 37.7 Å².